The number of rotatable bonds is 6. The lowest BCUT2D eigenvalue weighted by molar-refractivity contribution is -0.136. The second-order valence-electron chi connectivity index (χ2n) is 7.76. The average Bonchev–Trinajstić information content (AvgIpc) is 2.77. The summed E-state index contributed by atoms with van der Waals surface area (Å²) in [6, 6.07) is 12.9. The molecule has 2 aromatic rings. The summed E-state index contributed by atoms with van der Waals surface area (Å²) in [5, 5.41) is 5.93. The van der Waals surface area contributed by atoms with Crippen LogP contribution in [-0.2, 0) is 9.59 Å². The van der Waals surface area contributed by atoms with Crippen LogP contribution in [0.4, 0.5) is 5.69 Å². The van der Waals surface area contributed by atoms with Crippen molar-refractivity contribution in [3.8, 4) is 5.75 Å². The molecule has 31 heavy (non-hydrogen) atoms. The average molecular weight is 445 g/mol. The van der Waals surface area contributed by atoms with Crippen LogP contribution < -0.4 is 15.4 Å². The molecule has 3 rings (SSSR count). The number of benzene rings is 2. The number of ether oxygens (including phenoxy) is 1. The first-order valence-electron chi connectivity index (χ1n) is 10.3. The third kappa shape index (κ3) is 6.19. The van der Waals surface area contributed by atoms with Gasteiger partial charge in [-0.1, -0.05) is 29.8 Å². The third-order valence-corrected chi connectivity index (χ3v) is 5.98. The Morgan fingerprint density at radius 1 is 1.06 bits per heavy atom. The van der Waals surface area contributed by atoms with Gasteiger partial charge in [-0.15, -0.1) is 0 Å². The molecule has 1 aliphatic rings. The molecule has 1 saturated heterocycles. The Bertz CT molecular complexity index is 912. The fourth-order valence-corrected chi connectivity index (χ4v) is 3.73. The van der Waals surface area contributed by atoms with Gasteiger partial charge in [0.1, 0.15) is 5.75 Å². The van der Waals surface area contributed by atoms with Gasteiger partial charge in [-0.05, 0) is 49.4 Å². The van der Waals surface area contributed by atoms with Crippen LogP contribution in [0.25, 0.3) is 0 Å². The third-order valence-electron chi connectivity index (χ3n) is 5.57. The molecule has 0 aliphatic carbocycles. The van der Waals surface area contributed by atoms with Crippen molar-refractivity contribution in [1.29, 1.82) is 0 Å². The zero-order chi connectivity index (χ0) is 22.4. The first kappa shape index (κ1) is 23.1. The van der Waals surface area contributed by atoms with Crippen molar-refractivity contribution in [3.05, 3.63) is 58.6 Å². The Kier molecular flexibility index (Phi) is 7.90. The number of carbonyl (C=O) groups is 2. The number of anilines is 1. The summed E-state index contributed by atoms with van der Waals surface area (Å²) in [6.07, 6.45) is 0. The number of amides is 2. The quantitative estimate of drug-likeness (QED) is 0.670. The number of carbonyl (C=O) groups excluding carboxylic acids is 2. The molecular weight excluding hydrogens is 416 g/mol. The number of halogens is 1. The van der Waals surface area contributed by atoms with E-state index in [2.05, 4.69) is 27.5 Å². The van der Waals surface area contributed by atoms with E-state index in [0.29, 0.717) is 17.3 Å². The van der Waals surface area contributed by atoms with Gasteiger partial charge >= 0.3 is 11.8 Å². The van der Waals surface area contributed by atoms with Crippen LogP contribution in [-0.4, -0.2) is 68.5 Å². The predicted molar refractivity (Wildman–Crippen MR) is 123 cm³/mol. The van der Waals surface area contributed by atoms with Crippen LogP contribution in [0.2, 0.25) is 5.02 Å². The number of hydrogen-bond acceptors (Lipinski definition) is 5. The Morgan fingerprint density at radius 3 is 2.35 bits per heavy atom. The fourth-order valence-electron chi connectivity index (χ4n) is 3.55. The summed E-state index contributed by atoms with van der Waals surface area (Å²) in [7, 11) is 3.73. The molecule has 0 unspecified atom stereocenters. The van der Waals surface area contributed by atoms with Crippen LogP contribution in [0.1, 0.15) is 17.2 Å². The number of nitrogens with zero attached hydrogens (tertiary/aromatic N) is 2. The highest BCUT2D eigenvalue weighted by atomic mass is 35.5. The van der Waals surface area contributed by atoms with Gasteiger partial charge in [0.25, 0.3) is 0 Å². The number of likely N-dealkylation sites (N-methyl/N-ethyl adjacent to an activating group) is 1. The van der Waals surface area contributed by atoms with Gasteiger partial charge in [-0.3, -0.25) is 14.5 Å². The molecule has 8 heteroatoms. The lowest BCUT2D eigenvalue weighted by atomic mass is 10.0. The lowest BCUT2D eigenvalue weighted by Gasteiger charge is -2.38. The zero-order valence-corrected chi connectivity index (χ0v) is 18.9. The first-order valence-corrected chi connectivity index (χ1v) is 10.7. The molecule has 166 valence electrons. The summed E-state index contributed by atoms with van der Waals surface area (Å²) in [5.41, 5.74) is 2.46. The minimum absolute atomic E-state index is 0.0369. The van der Waals surface area contributed by atoms with Gasteiger partial charge in [0.05, 0.1) is 13.2 Å². The minimum atomic E-state index is -0.716. The van der Waals surface area contributed by atoms with E-state index < -0.39 is 11.8 Å². The van der Waals surface area contributed by atoms with Crippen molar-refractivity contribution in [2.45, 2.75) is 13.0 Å². The van der Waals surface area contributed by atoms with E-state index in [-0.39, 0.29) is 6.04 Å². The predicted octanol–water partition coefficient (Wildman–Crippen LogP) is 2.70. The number of piperazine rings is 1. The molecule has 1 heterocycles. The summed E-state index contributed by atoms with van der Waals surface area (Å²) in [4.78, 5) is 29.4. The van der Waals surface area contributed by atoms with E-state index in [4.69, 9.17) is 16.3 Å². The minimum Gasteiger partial charge on any atom is -0.497 e. The lowest BCUT2D eigenvalue weighted by Crippen LogP contribution is -2.49. The topological polar surface area (TPSA) is 73.9 Å². The maximum Gasteiger partial charge on any atom is 0.313 e. The van der Waals surface area contributed by atoms with Crippen LogP contribution in [0.5, 0.6) is 5.75 Å². The summed E-state index contributed by atoms with van der Waals surface area (Å²) >= 11 is 6.10. The highest BCUT2D eigenvalue weighted by Gasteiger charge is 2.25. The van der Waals surface area contributed by atoms with E-state index in [9.17, 15) is 9.59 Å². The second-order valence-corrected chi connectivity index (χ2v) is 8.16. The van der Waals surface area contributed by atoms with E-state index in [1.54, 1.807) is 25.3 Å². The number of aryl methyl sites for hydroxylation is 1. The van der Waals surface area contributed by atoms with Crippen molar-refractivity contribution in [1.82, 2.24) is 15.1 Å². The molecular formula is C23H29ClN4O3. The molecule has 7 nitrogen and oxygen atoms in total. The number of nitrogens with one attached hydrogen (secondary N) is 2. The van der Waals surface area contributed by atoms with Crippen LogP contribution in [0.15, 0.2) is 42.5 Å². The molecule has 1 atom stereocenters. The van der Waals surface area contributed by atoms with Crippen LogP contribution >= 0.6 is 11.6 Å². The van der Waals surface area contributed by atoms with E-state index in [1.165, 1.54) is 0 Å². The van der Waals surface area contributed by atoms with Crippen molar-refractivity contribution >= 4 is 29.1 Å². The van der Waals surface area contributed by atoms with E-state index in [1.807, 2.05) is 31.2 Å². The molecule has 0 bridgehead atoms. The second kappa shape index (κ2) is 10.6. The Morgan fingerprint density at radius 2 is 1.74 bits per heavy atom. The zero-order valence-electron chi connectivity index (χ0n) is 18.2. The van der Waals surface area contributed by atoms with Crippen molar-refractivity contribution in [3.63, 3.8) is 0 Å². The normalized spacial score (nSPS) is 15.9. The summed E-state index contributed by atoms with van der Waals surface area (Å²) < 4.78 is 5.26. The Hall–Kier alpha value is -2.61. The maximum atomic E-state index is 12.5. The van der Waals surface area contributed by atoms with Gasteiger partial charge in [-0.25, -0.2) is 0 Å². The maximum absolute atomic E-state index is 12.5. The SMILES string of the molecule is COc1ccc([C@H](CNC(=O)C(=O)Nc2ccc(C)c(Cl)c2)N2CCN(C)CC2)cc1. The van der Waals surface area contributed by atoms with E-state index >= 15 is 0 Å². The molecule has 0 aromatic heterocycles. The smallest absolute Gasteiger partial charge is 0.313 e. The summed E-state index contributed by atoms with van der Waals surface area (Å²) in [6.45, 7) is 5.88. The van der Waals surface area contributed by atoms with Crippen LogP contribution in [0, 0.1) is 6.92 Å². The fraction of sp³-hybridized carbons (Fsp3) is 0.391. The molecule has 0 radical (unpaired) electrons. The Labute approximate surface area is 188 Å². The van der Waals surface area contributed by atoms with Crippen molar-refractivity contribution in [2.75, 3.05) is 52.2 Å². The Balaban J connectivity index is 1.66. The van der Waals surface area contributed by atoms with Gasteiger partial charge in [0.2, 0.25) is 0 Å². The number of hydrogen-bond donors (Lipinski definition) is 2. The largest absolute Gasteiger partial charge is 0.497 e. The monoisotopic (exact) mass is 444 g/mol. The molecule has 0 spiro atoms. The van der Waals surface area contributed by atoms with Gasteiger partial charge < -0.3 is 20.3 Å². The molecule has 1 fully saturated rings. The first-order chi connectivity index (χ1) is 14.9. The molecule has 2 amide bonds. The molecule has 2 aromatic carbocycles. The highest BCUT2D eigenvalue weighted by Crippen LogP contribution is 2.24. The van der Waals surface area contributed by atoms with Gasteiger partial charge in [0.15, 0.2) is 0 Å². The highest BCUT2D eigenvalue weighted by molar-refractivity contribution is 6.39. The summed E-state index contributed by atoms with van der Waals surface area (Å²) in [5.74, 6) is -0.614. The standard InChI is InChI=1S/C23H29ClN4O3/c1-16-4-7-18(14-20(16)24)26-23(30)22(29)25-15-21(28-12-10-27(2)11-13-28)17-5-8-19(31-3)9-6-17/h4-9,14,21H,10-13,15H2,1-3H3,(H,25,29)(H,26,30)/t21-/m0/s1. The van der Waals surface area contributed by atoms with Crippen molar-refractivity contribution in [2.24, 2.45) is 0 Å². The molecule has 1 aliphatic heterocycles. The van der Waals surface area contributed by atoms with Crippen LogP contribution in [0.3, 0.4) is 0 Å². The molecule has 0 saturated carbocycles. The van der Waals surface area contributed by atoms with Crippen molar-refractivity contribution < 1.29 is 14.3 Å². The van der Waals surface area contributed by atoms with Gasteiger partial charge in [-0.2, -0.15) is 0 Å². The van der Waals surface area contributed by atoms with E-state index in [0.717, 1.165) is 43.1 Å². The van der Waals surface area contributed by atoms with Gasteiger partial charge in [0, 0.05) is 43.4 Å². The molecule has 2 N–H and O–H groups in total. The number of methoxy groups -OCH3 is 1.